The van der Waals surface area contributed by atoms with E-state index in [1.165, 1.54) is 24.3 Å². The molecule has 0 radical (unpaired) electrons. The molecule has 5 rings (SSSR count). The van der Waals surface area contributed by atoms with Crippen molar-refractivity contribution >= 4 is 23.4 Å². The van der Waals surface area contributed by atoms with Gasteiger partial charge in [-0.25, -0.2) is 23.1 Å². The van der Waals surface area contributed by atoms with Crippen molar-refractivity contribution in [2.45, 2.75) is 39.3 Å². The number of nitrogens with zero attached hydrogens (tertiary/aromatic N) is 3. The minimum Gasteiger partial charge on any atom is -0.478 e. The van der Waals surface area contributed by atoms with Gasteiger partial charge < -0.3 is 15.7 Å². The maximum Gasteiger partial charge on any atom is 0.335 e. The molecule has 0 bridgehead atoms. The summed E-state index contributed by atoms with van der Waals surface area (Å²) < 4.78 is 29.0. The molecular weight excluding hydrogens is 496 g/mol. The van der Waals surface area contributed by atoms with Crippen LogP contribution in [0.4, 0.5) is 8.78 Å². The Morgan fingerprint density at radius 1 is 1.08 bits per heavy atom. The van der Waals surface area contributed by atoms with Crippen LogP contribution in [0, 0.1) is 25.5 Å². The number of fused-ring (bicyclic) bond motifs is 2. The highest BCUT2D eigenvalue weighted by Crippen LogP contribution is 2.35. The van der Waals surface area contributed by atoms with E-state index in [0.717, 1.165) is 21.8 Å². The Morgan fingerprint density at radius 3 is 2.61 bits per heavy atom. The summed E-state index contributed by atoms with van der Waals surface area (Å²) in [5.74, 6) is -3.42. The van der Waals surface area contributed by atoms with E-state index in [0.29, 0.717) is 29.5 Å². The number of carbonyl (C=O) groups excluding carboxylic acids is 2. The molecule has 1 atom stereocenters. The molecular formula is C27H23F2N5O4. The van der Waals surface area contributed by atoms with Crippen LogP contribution in [0.3, 0.4) is 0 Å². The Morgan fingerprint density at radius 2 is 1.87 bits per heavy atom. The highest BCUT2D eigenvalue weighted by atomic mass is 19.1. The van der Waals surface area contributed by atoms with Crippen LogP contribution in [0.5, 0.6) is 0 Å². The van der Waals surface area contributed by atoms with Crippen molar-refractivity contribution in [2.24, 2.45) is 0 Å². The summed E-state index contributed by atoms with van der Waals surface area (Å²) in [6.07, 6.45) is 2.05. The number of aromatic nitrogens is 3. The maximum atomic E-state index is 14.4. The van der Waals surface area contributed by atoms with Gasteiger partial charge in [-0.15, -0.1) is 0 Å². The summed E-state index contributed by atoms with van der Waals surface area (Å²) in [7, 11) is 0. The largest absolute Gasteiger partial charge is 0.478 e. The van der Waals surface area contributed by atoms with Gasteiger partial charge in [-0.3, -0.25) is 9.59 Å². The van der Waals surface area contributed by atoms with Crippen LogP contribution in [0.15, 0.2) is 42.6 Å². The second kappa shape index (κ2) is 9.66. The third-order valence-corrected chi connectivity index (χ3v) is 6.80. The monoisotopic (exact) mass is 519 g/mol. The third-order valence-electron chi connectivity index (χ3n) is 6.80. The summed E-state index contributed by atoms with van der Waals surface area (Å²) in [4.78, 5) is 41.7. The average Bonchev–Trinajstić information content (AvgIpc) is 3.47. The normalized spacial score (nSPS) is 14.4. The fourth-order valence-electron chi connectivity index (χ4n) is 4.80. The number of carboxylic acids is 1. The van der Waals surface area contributed by atoms with Crippen molar-refractivity contribution in [2.75, 3.05) is 0 Å². The second-order valence-corrected chi connectivity index (χ2v) is 9.20. The molecule has 9 nitrogen and oxygen atoms in total. The zero-order valence-corrected chi connectivity index (χ0v) is 20.5. The van der Waals surface area contributed by atoms with Crippen LogP contribution in [-0.4, -0.2) is 37.5 Å². The maximum absolute atomic E-state index is 14.4. The molecule has 1 aliphatic carbocycles. The van der Waals surface area contributed by atoms with Crippen LogP contribution in [0.2, 0.25) is 0 Å². The molecule has 1 aliphatic rings. The average molecular weight is 520 g/mol. The lowest BCUT2D eigenvalue weighted by Gasteiger charge is -2.16. The van der Waals surface area contributed by atoms with Gasteiger partial charge in [0.25, 0.3) is 11.8 Å². The number of benzene rings is 2. The number of nitrogens with one attached hydrogen (secondary N) is 2. The minimum absolute atomic E-state index is 0.0760. The molecule has 11 heteroatoms. The van der Waals surface area contributed by atoms with E-state index in [9.17, 15) is 28.3 Å². The van der Waals surface area contributed by atoms with Gasteiger partial charge >= 0.3 is 5.97 Å². The van der Waals surface area contributed by atoms with Crippen molar-refractivity contribution in [1.29, 1.82) is 0 Å². The van der Waals surface area contributed by atoms with Crippen LogP contribution in [-0.2, 0) is 13.0 Å². The summed E-state index contributed by atoms with van der Waals surface area (Å²) in [6, 6.07) is 8.47. The molecule has 0 fully saturated rings. The molecule has 2 aromatic heterocycles. The first-order valence-electron chi connectivity index (χ1n) is 11.9. The zero-order valence-electron chi connectivity index (χ0n) is 20.5. The number of halogens is 2. The van der Waals surface area contributed by atoms with Crippen LogP contribution in [0.1, 0.15) is 71.6 Å². The molecule has 3 N–H and O–H groups in total. The predicted molar refractivity (Wildman–Crippen MR) is 132 cm³/mol. The Balaban J connectivity index is 1.41. The lowest BCUT2D eigenvalue weighted by Crippen LogP contribution is -2.30. The Kier molecular flexibility index (Phi) is 6.35. The van der Waals surface area contributed by atoms with Gasteiger partial charge in [0.2, 0.25) is 0 Å². The van der Waals surface area contributed by atoms with E-state index < -0.39 is 29.6 Å². The predicted octanol–water partition coefficient (Wildman–Crippen LogP) is 3.67. The Bertz CT molecular complexity index is 1630. The van der Waals surface area contributed by atoms with E-state index >= 15 is 0 Å². The first-order chi connectivity index (χ1) is 18.1. The van der Waals surface area contributed by atoms with Gasteiger partial charge in [0, 0.05) is 12.6 Å². The topological polar surface area (TPSA) is 126 Å². The number of amides is 2. The van der Waals surface area contributed by atoms with E-state index in [-0.39, 0.29) is 35.0 Å². The number of hydrogen-bond acceptors (Lipinski definition) is 5. The first kappa shape index (κ1) is 25.0. The highest BCUT2D eigenvalue weighted by Gasteiger charge is 2.29. The zero-order chi connectivity index (χ0) is 27.1. The number of carboxylic acid groups (broad SMARTS) is 1. The molecule has 0 saturated carbocycles. The minimum atomic E-state index is -1.02. The smallest absolute Gasteiger partial charge is 0.335 e. The van der Waals surface area contributed by atoms with Gasteiger partial charge in [-0.05, 0) is 66.6 Å². The lowest BCUT2D eigenvalue weighted by atomic mass is 9.98. The van der Waals surface area contributed by atoms with Crippen molar-refractivity contribution in [3.63, 3.8) is 0 Å². The van der Waals surface area contributed by atoms with Crippen molar-refractivity contribution in [3.05, 3.63) is 99.0 Å². The highest BCUT2D eigenvalue weighted by molar-refractivity contribution is 5.98. The Hall–Kier alpha value is -4.67. The van der Waals surface area contributed by atoms with E-state index in [4.69, 9.17) is 0 Å². The van der Waals surface area contributed by atoms with E-state index in [1.54, 1.807) is 26.0 Å². The second-order valence-electron chi connectivity index (χ2n) is 9.20. The standard InChI is InChI=1S/C27H23F2N5O4/c1-13-9-15(3-7-19(13)28)11-30-25(35)22-10-23(34-24(32-22)20(29)12-31-34)26(36)33-21-8-6-16-14(2)17(27(37)38)4-5-18(16)21/h3-5,7,9-10,12,21H,6,8,11H2,1-2H3,(H,30,35)(H,33,36)(H,37,38)/t21-/m0/s1. The summed E-state index contributed by atoms with van der Waals surface area (Å²) in [6.45, 7) is 3.43. The molecule has 2 heterocycles. The van der Waals surface area contributed by atoms with Crippen molar-refractivity contribution in [1.82, 2.24) is 25.2 Å². The third kappa shape index (κ3) is 4.47. The lowest BCUT2D eigenvalue weighted by molar-refractivity contribution is 0.0695. The molecule has 0 spiro atoms. The summed E-state index contributed by atoms with van der Waals surface area (Å²) >= 11 is 0. The van der Waals surface area contributed by atoms with Crippen LogP contribution in [0.25, 0.3) is 5.65 Å². The Labute approximate surface area is 215 Å². The van der Waals surface area contributed by atoms with Gasteiger partial charge in [0.05, 0.1) is 17.8 Å². The number of aromatic carboxylic acids is 1. The molecule has 4 aromatic rings. The molecule has 2 amide bonds. The van der Waals surface area contributed by atoms with Gasteiger partial charge in [-0.1, -0.05) is 18.2 Å². The van der Waals surface area contributed by atoms with Gasteiger partial charge in [-0.2, -0.15) is 5.10 Å². The summed E-state index contributed by atoms with van der Waals surface area (Å²) in [5.41, 5.74) is 3.08. The first-order valence-corrected chi connectivity index (χ1v) is 11.9. The molecule has 0 unspecified atom stereocenters. The molecule has 0 aliphatic heterocycles. The van der Waals surface area contributed by atoms with Crippen LogP contribution >= 0.6 is 0 Å². The van der Waals surface area contributed by atoms with Crippen LogP contribution < -0.4 is 10.6 Å². The molecule has 0 saturated heterocycles. The summed E-state index contributed by atoms with van der Waals surface area (Å²) in [5, 5.41) is 18.8. The molecule has 2 aromatic carbocycles. The fourth-order valence-corrected chi connectivity index (χ4v) is 4.80. The SMILES string of the molecule is Cc1cc(CNC(=O)c2cc(C(=O)N[C@H]3CCc4c3ccc(C(=O)O)c4C)n3ncc(F)c3n2)ccc1F. The van der Waals surface area contributed by atoms with Crippen molar-refractivity contribution in [3.8, 4) is 0 Å². The molecule has 38 heavy (non-hydrogen) atoms. The van der Waals surface area contributed by atoms with Gasteiger partial charge in [0.1, 0.15) is 17.2 Å². The van der Waals surface area contributed by atoms with E-state index in [2.05, 4.69) is 20.7 Å². The number of carbonyl (C=O) groups is 3. The quantitative estimate of drug-likeness (QED) is 0.357. The van der Waals surface area contributed by atoms with Gasteiger partial charge in [0.15, 0.2) is 11.5 Å². The number of hydrogen-bond donors (Lipinski definition) is 3. The fraction of sp³-hybridized carbons (Fsp3) is 0.222. The van der Waals surface area contributed by atoms with E-state index in [1.807, 2.05) is 0 Å². The molecule has 194 valence electrons. The number of aryl methyl sites for hydroxylation is 1. The van der Waals surface area contributed by atoms with Crippen molar-refractivity contribution < 1.29 is 28.3 Å². The number of rotatable bonds is 6.